The first-order valence-corrected chi connectivity index (χ1v) is 9.23. The number of H-pyrrole nitrogens is 1. The van der Waals surface area contributed by atoms with Crippen LogP contribution in [0.2, 0.25) is 0 Å². The van der Waals surface area contributed by atoms with Gasteiger partial charge in [0.2, 0.25) is 0 Å². The summed E-state index contributed by atoms with van der Waals surface area (Å²) in [5.74, 6) is -0.652. The Hall–Kier alpha value is -3.42. The number of carbonyl (C=O) groups excluding carboxylic acids is 2. The van der Waals surface area contributed by atoms with Gasteiger partial charge in [-0.25, -0.2) is 14.2 Å². The number of imidazole rings is 1. The summed E-state index contributed by atoms with van der Waals surface area (Å²) in [6.07, 6.45) is 3.39. The highest BCUT2D eigenvalue weighted by Gasteiger charge is 2.26. The van der Waals surface area contributed by atoms with Crippen molar-refractivity contribution < 1.29 is 18.7 Å². The Bertz CT molecular complexity index is 1040. The quantitative estimate of drug-likeness (QED) is 0.624. The number of carbonyl (C=O) groups is 2. The SMILES string of the molecule is CCOC(=O)c1c(C)[nH]c(C(=O)NC(c2ccc(F)cc2)c2nccn2C)c1C. The largest absolute Gasteiger partial charge is 0.462 e. The second kappa shape index (κ2) is 8.30. The van der Waals surface area contributed by atoms with Gasteiger partial charge >= 0.3 is 5.97 Å². The van der Waals surface area contributed by atoms with Crippen LogP contribution in [0.3, 0.4) is 0 Å². The first-order valence-electron chi connectivity index (χ1n) is 9.23. The molecule has 2 N–H and O–H groups in total. The molecular formula is C21H23FN4O3. The minimum atomic E-state index is -0.600. The third kappa shape index (κ3) is 4.06. The highest BCUT2D eigenvalue weighted by molar-refractivity contribution is 6.00. The third-order valence-corrected chi connectivity index (χ3v) is 4.74. The molecular weight excluding hydrogens is 375 g/mol. The van der Waals surface area contributed by atoms with Crippen molar-refractivity contribution in [2.75, 3.05) is 6.61 Å². The van der Waals surface area contributed by atoms with Crippen LogP contribution < -0.4 is 5.32 Å². The van der Waals surface area contributed by atoms with Gasteiger partial charge in [-0.15, -0.1) is 0 Å². The van der Waals surface area contributed by atoms with E-state index in [9.17, 15) is 14.0 Å². The van der Waals surface area contributed by atoms with Crippen LogP contribution in [0.4, 0.5) is 4.39 Å². The van der Waals surface area contributed by atoms with Crippen molar-refractivity contribution >= 4 is 11.9 Å². The second-order valence-corrected chi connectivity index (χ2v) is 6.70. The summed E-state index contributed by atoms with van der Waals surface area (Å²) in [5, 5.41) is 2.94. The fraction of sp³-hybridized carbons (Fsp3) is 0.286. The molecule has 1 atom stereocenters. The zero-order valence-corrected chi connectivity index (χ0v) is 16.7. The number of amides is 1. The molecule has 1 amide bonds. The van der Waals surface area contributed by atoms with Crippen LogP contribution in [0, 0.1) is 19.7 Å². The summed E-state index contributed by atoms with van der Waals surface area (Å²) in [4.78, 5) is 32.6. The van der Waals surface area contributed by atoms with Gasteiger partial charge in [-0.3, -0.25) is 4.79 Å². The molecule has 2 aromatic heterocycles. The molecule has 7 nitrogen and oxygen atoms in total. The van der Waals surface area contributed by atoms with Gasteiger partial charge in [0.15, 0.2) is 0 Å². The number of hydrogen-bond donors (Lipinski definition) is 2. The Balaban J connectivity index is 1.96. The average molecular weight is 398 g/mol. The molecule has 8 heteroatoms. The number of esters is 1. The van der Waals surface area contributed by atoms with E-state index in [2.05, 4.69) is 15.3 Å². The van der Waals surface area contributed by atoms with Crippen LogP contribution in [0.15, 0.2) is 36.7 Å². The summed E-state index contributed by atoms with van der Waals surface area (Å²) in [6, 6.07) is 5.27. The van der Waals surface area contributed by atoms with Crippen molar-refractivity contribution in [3.63, 3.8) is 0 Å². The molecule has 0 aliphatic rings. The second-order valence-electron chi connectivity index (χ2n) is 6.70. The van der Waals surface area contributed by atoms with E-state index in [0.29, 0.717) is 28.2 Å². The molecule has 0 saturated heterocycles. The number of halogens is 1. The molecule has 1 aromatic carbocycles. The number of hydrogen-bond acceptors (Lipinski definition) is 4. The lowest BCUT2D eigenvalue weighted by Crippen LogP contribution is -2.31. The van der Waals surface area contributed by atoms with Crippen molar-refractivity contribution in [3.05, 3.63) is 76.4 Å². The van der Waals surface area contributed by atoms with Crippen LogP contribution in [0.5, 0.6) is 0 Å². The summed E-state index contributed by atoms with van der Waals surface area (Å²) >= 11 is 0. The Morgan fingerprint density at radius 2 is 1.97 bits per heavy atom. The molecule has 0 aliphatic carbocycles. The van der Waals surface area contributed by atoms with Crippen molar-refractivity contribution in [2.24, 2.45) is 7.05 Å². The molecule has 0 radical (unpaired) electrons. The van der Waals surface area contributed by atoms with Gasteiger partial charge in [-0.2, -0.15) is 0 Å². The Kier molecular flexibility index (Phi) is 5.81. The van der Waals surface area contributed by atoms with E-state index in [1.165, 1.54) is 12.1 Å². The van der Waals surface area contributed by atoms with E-state index in [0.717, 1.165) is 0 Å². The van der Waals surface area contributed by atoms with Gasteiger partial charge in [0, 0.05) is 25.1 Å². The summed E-state index contributed by atoms with van der Waals surface area (Å²) in [5.41, 5.74) is 2.37. The molecule has 0 aliphatic heterocycles. The van der Waals surface area contributed by atoms with E-state index >= 15 is 0 Å². The van der Waals surface area contributed by atoms with E-state index < -0.39 is 17.9 Å². The molecule has 0 bridgehead atoms. The van der Waals surface area contributed by atoms with Gasteiger partial charge in [-0.1, -0.05) is 12.1 Å². The Morgan fingerprint density at radius 3 is 2.55 bits per heavy atom. The molecule has 3 aromatic rings. The van der Waals surface area contributed by atoms with Gasteiger partial charge in [-0.05, 0) is 44.0 Å². The lowest BCUT2D eigenvalue weighted by atomic mass is 10.0. The third-order valence-electron chi connectivity index (χ3n) is 4.74. The average Bonchev–Trinajstić information content (AvgIpc) is 3.23. The Morgan fingerprint density at radius 1 is 1.28 bits per heavy atom. The molecule has 152 valence electrons. The zero-order chi connectivity index (χ0) is 21.1. The minimum absolute atomic E-state index is 0.246. The number of nitrogens with one attached hydrogen (secondary N) is 2. The van der Waals surface area contributed by atoms with E-state index in [1.54, 1.807) is 49.9 Å². The molecule has 29 heavy (non-hydrogen) atoms. The smallest absolute Gasteiger partial charge is 0.340 e. The summed E-state index contributed by atoms with van der Waals surface area (Å²) < 4.78 is 20.2. The molecule has 3 rings (SSSR count). The predicted molar refractivity (Wildman–Crippen MR) is 105 cm³/mol. The van der Waals surface area contributed by atoms with E-state index in [4.69, 9.17) is 4.74 Å². The highest BCUT2D eigenvalue weighted by Crippen LogP contribution is 2.24. The van der Waals surface area contributed by atoms with Crippen LogP contribution in [0.1, 0.15) is 56.5 Å². The van der Waals surface area contributed by atoms with Gasteiger partial charge in [0.1, 0.15) is 23.4 Å². The first-order chi connectivity index (χ1) is 13.8. The lowest BCUT2D eigenvalue weighted by molar-refractivity contribution is 0.0525. The van der Waals surface area contributed by atoms with Crippen LogP contribution in [-0.2, 0) is 11.8 Å². The first kappa shape index (κ1) is 20.3. The number of benzene rings is 1. The normalized spacial score (nSPS) is 11.9. The van der Waals surface area contributed by atoms with Gasteiger partial charge < -0.3 is 19.6 Å². The standard InChI is InChI=1S/C21H23FN4O3/c1-5-29-21(28)16-12(2)17(24-13(16)3)20(27)25-18(19-23-10-11-26(19)4)14-6-8-15(22)9-7-14/h6-11,18,24H,5H2,1-4H3,(H,25,27). The van der Waals surface area contributed by atoms with Crippen molar-refractivity contribution in [1.29, 1.82) is 0 Å². The number of ether oxygens (including phenoxy) is 1. The molecule has 1 unspecified atom stereocenters. The van der Waals surface area contributed by atoms with Crippen molar-refractivity contribution in [2.45, 2.75) is 26.8 Å². The lowest BCUT2D eigenvalue weighted by Gasteiger charge is -2.19. The highest BCUT2D eigenvalue weighted by atomic mass is 19.1. The van der Waals surface area contributed by atoms with Crippen LogP contribution in [0.25, 0.3) is 0 Å². The van der Waals surface area contributed by atoms with Crippen molar-refractivity contribution in [3.8, 4) is 0 Å². The Labute approximate surface area is 167 Å². The van der Waals surface area contributed by atoms with Gasteiger partial charge in [0.05, 0.1) is 12.2 Å². The maximum atomic E-state index is 13.4. The number of rotatable bonds is 6. The monoisotopic (exact) mass is 398 g/mol. The van der Waals surface area contributed by atoms with Crippen LogP contribution >= 0.6 is 0 Å². The summed E-state index contributed by atoms with van der Waals surface area (Å²) in [6.45, 7) is 5.38. The van der Waals surface area contributed by atoms with E-state index in [-0.39, 0.29) is 18.1 Å². The molecule has 0 fully saturated rings. The fourth-order valence-electron chi connectivity index (χ4n) is 3.30. The fourth-order valence-corrected chi connectivity index (χ4v) is 3.30. The zero-order valence-electron chi connectivity index (χ0n) is 16.7. The predicted octanol–water partition coefficient (Wildman–Crippen LogP) is 3.20. The van der Waals surface area contributed by atoms with E-state index in [1.807, 2.05) is 7.05 Å². The number of aryl methyl sites for hydroxylation is 2. The van der Waals surface area contributed by atoms with Crippen LogP contribution in [-0.4, -0.2) is 33.0 Å². The molecule has 2 heterocycles. The maximum Gasteiger partial charge on any atom is 0.340 e. The van der Waals surface area contributed by atoms with Crippen molar-refractivity contribution in [1.82, 2.24) is 19.9 Å². The summed E-state index contributed by atoms with van der Waals surface area (Å²) in [7, 11) is 1.81. The number of nitrogens with zero attached hydrogens (tertiary/aromatic N) is 2. The topological polar surface area (TPSA) is 89.0 Å². The number of aromatic amines is 1. The number of aromatic nitrogens is 3. The minimum Gasteiger partial charge on any atom is -0.462 e. The maximum absolute atomic E-state index is 13.4. The molecule has 0 spiro atoms. The molecule has 0 saturated carbocycles. The van der Waals surface area contributed by atoms with Gasteiger partial charge in [0.25, 0.3) is 5.91 Å².